The molecule has 0 spiro atoms. The number of methoxy groups -OCH3 is 1. The van der Waals surface area contributed by atoms with Crippen molar-refractivity contribution in [3.8, 4) is 17.2 Å². The van der Waals surface area contributed by atoms with Gasteiger partial charge in [0.1, 0.15) is 5.75 Å². The molecule has 134 valence electrons. The summed E-state index contributed by atoms with van der Waals surface area (Å²) in [5.74, 6) is 2.00. The van der Waals surface area contributed by atoms with Crippen molar-refractivity contribution in [1.82, 2.24) is 8.10 Å². The second-order valence-electron chi connectivity index (χ2n) is 4.96. The minimum Gasteiger partial charge on any atom is -0.493 e. The Balaban J connectivity index is 1.84. The highest BCUT2D eigenvalue weighted by Gasteiger charge is 2.18. The van der Waals surface area contributed by atoms with Crippen LogP contribution >= 0.6 is 35.8 Å². The van der Waals surface area contributed by atoms with Crippen LogP contribution in [0, 0.1) is 0 Å². The Bertz CT molecular complexity index is 820. The standard InChI is InChI=1S/C19H18N2O2S3/c1-22-17-13-14-20-19(18(17)23-15-9-5-3-6-10-15)26-21(24-2)25-16-11-7-4-8-12-16/h3-14H,1-2H3. The van der Waals surface area contributed by atoms with Crippen LogP contribution in [0.3, 0.4) is 0 Å². The Morgan fingerprint density at radius 1 is 0.885 bits per heavy atom. The normalized spacial score (nSPS) is 10.7. The number of rotatable bonds is 8. The van der Waals surface area contributed by atoms with E-state index < -0.39 is 0 Å². The molecule has 3 rings (SSSR count). The van der Waals surface area contributed by atoms with E-state index in [0.29, 0.717) is 11.5 Å². The molecule has 0 aliphatic rings. The van der Waals surface area contributed by atoms with Crippen molar-refractivity contribution in [3.05, 3.63) is 72.9 Å². The molecule has 0 radical (unpaired) electrons. The van der Waals surface area contributed by atoms with Gasteiger partial charge in [-0.05, 0) is 42.5 Å². The van der Waals surface area contributed by atoms with Gasteiger partial charge >= 0.3 is 0 Å². The van der Waals surface area contributed by atoms with Gasteiger partial charge in [-0.3, -0.25) is 0 Å². The minimum absolute atomic E-state index is 0.610. The first kappa shape index (κ1) is 19.0. The summed E-state index contributed by atoms with van der Waals surface area (Å²) in [6.07, 6.45) is 3.76. The van der Waals surface area contributed by atoms with Gasteiger partial charge in [0, 0.05) is 29.1 Å². The molecule has 1 aromatic heterocycles. The number of benzene rings is 2. The highest BCUT2D eigenvalue weighted by atomic mass is 32.3. The largest absolute Gasteiger partial charge is 0.493 e. The third-order valence-electron chi connectivity index (χ3n) is 3.25. The minimum atomic E-state index is 0.610. The fourth-order valence-corrected chi connectivity index (χ4v) is 4.68. The van der Waals surface area contributed by atoms with Crippen LogP contribution in [0.2, 0.25) is 0 Å². The molecule has 3 aromatic rings. The highest BCUT2D eigenvalue weighted by Crippen LogP contribution is 2.45. The summed E-state index contributed by atoms with van der Waals surface area (Å²) in [6, 6.07) is 21.7. The van der Waals surface area contributed by atoms with E-state index in [4.69, 9.17) is 9.47 Å². The van der Waals surface area contributed by atoms with E-state index in [1.165, 1.54) is 11.9 Å². The molecule has 0 saturated heterocycles. The van der Waals surface area contributed by atoms with Crippen LogP contribution in [0.15, 0.2) is 82.8 Å². The predicted molar refractivity (Wildman–Crippen MR) is 111 cm³/mol. The average molecular weight is 403 g/mol. The van der Waals surface area contributed by atoms with Gasteiger partial charge in [-0.1, -0.05) is 48.3 Å². The first-order chi connectivity index (χ1) is 12.8. The second kappa shape index (κ2) is 9.78. The van der Waals surface area contributed by atoms with Gasteiger partial charge in [0.2, 0.25) is 5.75 Å². The molecule has 4 nitrogen and oxygen atoms in total. The number of aromatic nitrogens is 1. The number of hydrogen-bond acceptors (Lipinski definition) is 7. The lowest BCUT2D eigenvalue weighted by atomic mass is 10.3. The summed E-state index contributed by atoms with van der Waals surface area (Å²) >= 11 is 4.75. The summed E-state index contributed by atoms with van der Waals surface area (Å²) in [5.41, 5.74) is 0. The van der Waals surface area contributed by atoms with Crippen molar-refractivity contribution >= 4 is 35.8 Å². The quantitative estimate of drug-likeness (QED) is 0.416. The molecule has 0 aliphatic carbocycles. The molecule has 0 fully saturated rings. The maximum atomic E-state index is 6.07. The van der Waals surface area contributed by atoms with Crippen LogP contribution in [-0.4, -0.2) is 21.5 Å². The molecule has 26 heavy (non-hydrogen) atoms. The van der Waals surface area contributed by atoms with Crippen LogP contribution in [-0.2, 0) is 0 Å². The maximum Gasteiger partial charge on any atom is 0.202 e. The van der Waals surface area contributed by atoms with E-state index in [-0.39, 0.29) is 0 Å². The molecule has 0 amide bonds. The molecule has 0 N–H and O–H groups in total. The van der Waals surface area contributed by atoms with Gasteiger partial charge in [-0.2, -0.15) is 0 Å². The van der Waals surface area contributed by atoms with E-state index in [2.05, 4.69) is 20.2 Å². The Labute approximate surface area is 166 Å². The lowest BCUT2D eigenvalue weighted by Crippen LogP contribution is -1.99. The molecule has 0 bridgehead atoms. The van der Waals surface area contributed by atoms with E-state index in [1.807, 2.05) is 54.8 Å². The molecular weight excluding hydrogens is 384 g/mol. The zero-order valence-electron chi connectivity index (χ0n) is 14.4. The smallest absolute Gasteiger partial charge is 0.202 e. The Kier molecular flexibility index (Phi) is 7.13. The van der Waals surface area contributed by atoms with E-state index >= 15 is 0 Å². The molecule has 0 saturated carbocycles. The average Bonchev–Trinajstić information content (AvgIpc) is 2.70. The number of pyridine rings is 1. The zero-order chi connectivity index (χ0) is 18.2. The maximum absolute atomic E-state index is 6.07. The number of nitrogens with zero attached hydrogens (tertiary/aromatic N) is 2. The topological polar surface area (TPSA) is 34.6 Å². The van der Waals surface area contributed by atoms with E-state index in [9.17, 15) is 0 Å². The predicted octanol–water partition coefficient (Wildman–Crippen LogP) is 6.18. The summed E-state index contributed by atoms with van der Waals surface area (Å²) in [6.45, 7) is 0. The zero-order valence-corrected chi connectivity index (χ0v) is 16.8. The van der Waals surface area contributed by atoms with Crippen molar-refractivity contribution in [3.63, 3.8) is 0 Å². The van der Waals surface area contributed by atoms with Crippen molar-refractivity contribution in [2.75, 3.05) is 13.4 Å². The van der Waals surface area contributed by atoms with Crippen molar-refractivity contribution in [2.45, 2.75) is 9.92 Å². The van der Waals surface area contributed by atoms with Crippen LogP contribution in [0.4, 0.5) is 0 Å². The van der Waals surface area contributed by atoms with Crippen molar-refractivity contribution in [1.29, 1.82) is 0 Å². The number of ether oxygens (including phenoxy) is 2. The summed E-state index contributed by atoms with van der Waals surface area (Å²) in [5, 5.41) is 0.742. The lowest BCUT2D eigenvalue weighted by Gasteiger charge is -2.18. The first-order valence-corrected chi connectivity index (χ1v) is 10.5. The van der Waals surface area contributed by atoms with Gasteiger partial charge in [0.05, 0.1) is 7.11 Å². The summed E-state index contributed by atoms with van der Waals surface area (Å²) < 4.78 is 13.6. The molecule has 0 aliphatic heterocycles. The Hall–Kier alpha value is -1.80. The van der Waals surface area contributed by atoms with Crippen LogP contribution in [0.5, 0.6) is 17.2 Å². The van der Waals surface area contributed by atoms with Gasteiger partial charge < -0.3 is 9.47 Å². The van der Waals surface area contributed by atoms with E-state index in [0.717, 1.165) is 15.7 Å². The fraction of sp³-hybridized carbons (Fsp3) is 0.105. The van der Waals surface area contributed by atoms with Gasteiger partial charge in [0.25, 0.3) is 0 Å². The van der Waals surface area contributed by atoms with Crippen LogP contribution in [0.1, 0.15) is 0 Å². The second-order valence-corrected chi connectivity index (χ2v) is 8.34. The first-order valence-electron chi connectivity index (χ1n) is 7.81. The van der Waals surface area contributed by atoms with Crippen LogP contribution in [0.25, 0.3) is 0 Å². The number of hydrogen-bond donors (Lipinski definition) is 0. The molecule has 7 heteroatoms. The Morgan fingerprint density at radius 2 is 1.58 bits per heavy atom. The molecule has 0 unspecified atom stereocenters. The summed E-state index contributed by atoms with van der Waals surface area (Å²) in [4.78, 5) is 5.66. The van der Waals surface area contributed by atoms with Crippen molar-refractivity contribution in [2.24, 2.45) is 0 Å². The third kappa shape index (κ3) is 5.11. The monoisotopic (exact) mass is 402 g/mol. The van der Waals surface area contributed by atoms with E-state index in [1.54, 1.807) is 43.3 Å². The molecule has 0 atom stereocenters. The van der Waals surface area contributed by atoms with Gasteiger partial charge in [0.15, 0.2) is 10.8 Å². The van der Waals surface area contributed by atoms with Gasteiger partial charge in [-0.15, -0.1) is 3.12 Å². The number of para-hydroxylation sites is 1. The van der Waals surface area contributed by atoms with Crippen molar-refractivity contribution < 1.29 is 9.47 Å². The third-order valence-corrected chi connectivity index (χ3v) is 6.58. The molecular formula is C19H18N2O2S3. The fourth-order valence-electron chi connectivity index (χ4n) is 2.07. The highest BCUT2D eigenvalue weighted by molar-refractivity contribution is 8.25. The summed E-state index contributed by atoms with van der Waals surface area (Å²) in [7, 11) is 1.63. The SMILES string of the molecule is COc1ccnc(SN(SC)Sc2ccccc2)c1Oc1ccccc1. The molecule has 1 heterocycles. The van der Waals surface area contributed by atoms with Crippen LogP contribution < -0.4 is 9.47 Å². The lowest BCUT2D eigenvalue weighted by molar-refractivity contribution is 0.370. The molecule has 2 aromatic carbocycles. The van der Waals surface area contributed by atoms with Gasteiger partial charge in [-0.25, -0.2) is 4.98 Å². The Morgan fingerprint density at radius 3 is 2.23 bits per heavy atom.